The first-order valence-corrected chi connectivity index (χ1v) is 9.27. The second kappa shape index (κ2) is 6.75. The first-order valence-electron chi connectivity index (χ1n) is 6.62. The molecule has 1 aliphatic rings. The van der Waals surface area contributed by atoms with Crippen molar-refractivity contribution in [3.8, 4) is 0 Å². The van der Waals surface area contributed by atoms with Gasteiger partial charge in [0.1, 0.15) is 0 Å². The van der Waals surface area contributed by atoms with Crippen molar-refractivity contribution in [2.24, 2.45) is 0 Å². The number of hydrogen-bond acceptors (Lipinski definition) is 3. The highest BCUT2D eigenvalue weighted by atomic mass is 79.9. The molecule has 2 rings (SSSR count). The molecule has 112 valence electrons. The van der Waals surface area contributed by atoms with Crippen LogP contribution in [0.3, 0.4) is 0 Å². The van der Waals surface area contributed by atoms with E-state index in [-0.39, 0.29) is 10.9 Å². The van der Waals surface area contributed by atoms with Crippen LogP contribution in [0.15, 0.2) is 27.6 Å². The first-order chi connectivity index (χ1) is 9.42. The number of nitrogens with one attached hydrogen (secondary N) is 1. The smallest absolute Gasteiger partial charge is 0.240 e. The van der Waals surface area contributed by atoms with Crippen molar-refractivity contribution in [2.75, 3.05) is 19.6 Å². The van der Waals surface area contributed by atoms with Crippen LogP contribution >= 0.6 is 27.5 Å². The van der Waals surface area contributed by atoms with Gasteiger partial charge >= 0.3 is 0 Å². The van der Waals surface area contributed by atoms with Crippen LogP contribution in [0.4, 0.5) is 0 Å². The van der Waals surface area contributed by atoms with Crippen molar-refractivity contribution < 1.29 is 8.42 Å². The van der Waals surface area contributed by atoms with Crippen LogP contribution < -0.4 is 4.72 Å². The van der Waals surface area contributed by atoms with Gasteiger partial charge in [-0.15, -0.1) is 0 Å². The Kier molecular flexibility index (Phi) is 5.48. The maximum Gasteiger partial charge on any atom is 0.240 e. The normalized spacial score (nSPS) is 18.4. The molecule has 7 heteroatoms. The molecule has 1 aromatic carbocycles. The Morgan fingerprint density at radius 2 is 2.05 bits per heavy atom. The van der Waals surface area contributed by atoms with E-state index in [1.807, 2.05) is 0 Å². The van der Waals surface area contributed by atoms with E-state index in [0.717, 1.165) is 32.5 Å². The van der Waals surface area contributed by atoms with Crippen LogP contribution in [-0.2, 0) is 10.0 Å². The summed E-state index contributed by atoms with van der Waals surface area (Å²) in [6, 6.07) is 4.65. The van der Waals surface area contributed by atoms with Crippen LogP contribution in [0.2, 0.25) is 5.02 Å². The summed E-state index contributed by atoms with van der Waals surface area (Å²) in [5.41, 5.74) is 0. The van der Waals surface area contributed by atoms with Crippen molar-refractivity contribution in [3.05, 3.63) is 27.7 Å². The summed E-state index contributed by atoms with van der Waals surface area (Å²) >= 11 is 9.14. The average Bonchev–Trinajstić information content (AvgIpc) is 2.42. The van der Waals surface area contributed by atoms with E-state index in [9.17, 15) is 8.42 Å². The van der Waals surface area contributed by atoms with Gasteiger partial charge in [0.15, 0.2) is 0 Å². The predicted octanol–water partition coefficient (Wildman–Crippen LogP) is 2.87. The molecular formula is C13H18BrClN2O2S. The van der Waals surface area contributed by atoms with Crippen LogP contribution in [0, 0.1) is 0 Å². The molecule has 0 amide bonds. The maximum atomic E-state index is 12.3. The number of piperidine rings is 1. The summed E-state index contributed by atoms with van der Waals surface area (Å²) in [5, 5.41) is 0.500. The van der Waals surface area contributed by atoms with E-state index in [0.29, 0.717) is 9.50 Å². The summed E-state index contributed by atoms with van der Waals surface area (Å²) in [6.07, 6.45) is 1.70. The fraction of sp³-hybridized carbons (Fsp3) is 0.538. The van der Waals surface area contributed by atoms with Gasteiger partial charge in [-0.2, -0.15) is 0 Å². The lowest BCUT2D eigenvalue weighted by Gasteiger charge is -2.31. The third-order valence-electron chi connectivity index (χ3n) is 3.56. The van der Waals surface area contributed by atoms with Gasteiger partial charge in [0.25, 0.3) is 0 Å². The monoisotopic (exact) mass is 380 g/mol. The Morgan fingerprint density at radius 3 is 2.60 bits per heavy atom. The zero-order valence-electron chi connectivity index (χ0n) is 11.3. The topological polar surface area (TPSA) is 49.4 Å². The Bertz CT molecular complexity index is 572. The van der Waals surface area contributed by atoms with Crippen LogP contribution in [-0.4, -0.2) is 39.0 Å². The SMILES string of the molecule is CCN1CCC(NS(=O)(=O)c2ccc(Cl)c(Br)c2)CC1. The van der Waals surface area contributed by atoms with Crippen LogP contribution in [0.5, 0.6) is 0 Å². The summed E-state index contributed by atoms with van der Waals surface area (Å²) < 4.78 is 28.0. The molecule has 0 unspecified atom stereocenters. The largest absolute Gasteiger partial charge is 0.303 e. The van der Waals surface area contributed by atoms with E-state index in [1.54, 1.807) is 6.07 Å². The maximum absolute atomic E-state index is 12.3. The molecular weight excluding hydrogens is 364 g/mol. The van der Waals surface area contributed by atoms with E-state index < -0.39 is 10.0 Å². The number of rotatable bonds is 4. The molecule has 1 fully saturated rings. The minimum absolute atomic E-state index is 0.0113. The third kappa shape index (κ3) is 3.95. The molecule has 20 heavy (non-hydrogen) atoms. The number of benzene rings is 1. The second-order valence-electron chi connectivity index (χ2n) is 4.91. The minimum atomic E-state index is -3.48. The summed E-state index contributed by atoms with van der Waals surface area (Å²) in [5.74, 6) is 0. The summed E-state index contributed by atoms with van der Waals surface area (Å²) in [6.45, 7) is 5.02. The Morgan fingerprint density at radius 1 is 1.40 bits per heavy atom. The molecule has 0 aromatic heterocycles. The number of halogens is 2. The molecule has 0 aliphatic carbocycles. The van der Waals surface area contributed by atoms with Gasteiger partial charge in [0.05, 0.1) is 9.92 Å². The Hall–Kier alpha value is -0.140. The Labute approximate surface area is 133 Å². The van der Waals surface area contributed by atoms with Gasteiger partial charge in [-0.1, -0.05) is 18.5 Å². The van der Waals surface area contributed by atoms with Gasteiger partial charge in [-0.05, 0) is 66.6 Å². The molecule has 4 nitrogen and oxygen atoms in total. The number of hydrogen-bond donors (Lipinski definition) is 1. The van der Waals surface area contributed by atoms with E-state index >= 15 is 0 Å². The van der Waals surface area contributed by atoms with Crippen molar-refractivity contribution in [1.29, 1.82) is 0 Å². The fourth-order valence-corrected chi connectivity index (χ4v) is 4.28. The van der Waals surface area contributed by atoms with E-state index in [1.165, 1.54) is 12.1 Å². The molecule has 1 N–H and O–H groups in total. The van der Waals surface area contributed by atoms with Crippen molar-refractivity contribution in [3.63, 3.8) is 0 Å². The third-order valence-corrected chi connectivity index (χ3v) is 6.29. The average molecular weight is 382 g/mol. The van der Waals surface area contributed by atoms with Gasteiger partial charge < -0.3 is 4.90 Å². The molecule has 0 spiro atoms. The Balaban J connectivity index is 2.06. The molecule has 1 heterocycles. The summed E-state index contributed by atoms with van der Waals surface area (Å²) in [7, 11) is -3.48. The highest BCUT2D eigenvalue weighted by molar-refractivity contribution is 9.10. The van der Waals surface area contributed by atoms with E-state index in [2.05, 4.69) is 32.5 Å². The highest BCUT2D eigenvalue weighted by Gasteiger charge is 2.24. The second-order valence-corrected chi connectivity index (χ2v) is 7.88. The fourth-order valence-electron chi connectivity index (χ4n) is 2.30. The quantitative estimate of drug-likeness (QED) is 0.872. The first kappa shape index (κ1) is 16.2. The molecule has 0 radical (unpaired) electrons. The van der Waals surface area contributed by atoms with Gasteiger partial charge in [-0.3, -0.25) is 0 Å². The number of likely N-dealkylation sites (tertiary alicyclic amines) is 1. The van der Waals surface area contributed by atoms with Gasteiger partial charge in [0.2, 0.25) is 10.0 Å². The zero-order chi connectivity index (χ0) is 14.8. The predicted molar refractivity (Wildman–Crippen MR) is 84.6 cm³/mol. The lowest BCUT2D eigenvalue weighted by Crippen LogP contribution is -2.44. The van der Waals surface area contributed by atoms with E-state index in [4.69, 9.17) is 11.6 Å². The van der Waals surface area contributed by atoms with Crippen LogP contribution in [0.25, 0.3) is 0 Å². The summed E-state index contributed by atoms with van der Waals surface area (Å²) in [4.78, 5) is 2.57. The molecule has 0 saturated carbocycles. The standard InChI is InChI=1S/C13H18BrClN2O2S/c1-2-17-7-5-10(6-8-17)16-20(18,19)11-3-4-13(15)12(14)9-11/h3-4,9-10,16H,2,5-8H2,1H3. The highest BCUT2D eigenvalue weighted by Crippen LogP contribution is 2.25. The van der Waals surface area contributed by atoms with Crippen LogP contribution in [0.1, 0.15) is 19.8 Å². The number of nitrogens with zero attached hydrogens (tertiary/aromatic N) is 1. The molecule has 1 aliphatic heterocycles. The van der Waals surface area contributed by atoms with Gasteiger partial charge in [0, 0.05) is 10.5 Å². The lowest BCUT2D eigenvalue weighted by atomic mass is 10.1. The van der Waals surface area contributed by atoms with Crippen molar-refractivity contribution >= 4 is 37.6 Å². The zero-order valence-corrected chi connectivity index (χ0v) is 14.4. The lowest BCUT2D eigenvalue weighted by molar-refractivity contribution is 0.217. The molecule has 0 bridgehead atoms. The van der Waals surface area contributed by atoms with Gasteiger partial charge in [-0.25, -0.2) is 13.1 Å². The van der Waals surface area contributed by atoms with Crippen molar-refractivity contribution in [2.45, 2.75) is 30.7 Å². The minimum Gasteiger partial charge on any atom is -0.303 e. The van der Waals surface area contributed by atoms with Crippen molar-refractivity contribution in [1.82, 2.24) is 9.62 Å². The number of sulfonamides is 1. The molecule has 1 saturated heterocycles. The molecule has 1 aromatic rings. The molecule has 0 atom stereocenters.